The molecular weight excluding hydrogens is 261 g/mol. The first kappa shape index (κ1) is 10.4. The Bertz CT molecular complexity index is 316. The second-order valence-corrected chi connectivity index (χ2v) is 5.52. The van der Waals surface area contributed by atoms with Gasteiger partial charge in [0.25, 0.3) is 0 Å². The molecule has 1 fully saturated rings. The lowest BCUT2D eigenvalue weighted by atomic mass is 9.99. The van der Waals surface area contributed by atoms with Crippen LogP contribution in [-0.4, -0.2) is 10.4 Å². The second kappa shape index (κ2) is 4.63. The van der Waals surface area contributed by atoms with E-state index >= 15 is 0 Å². The maximum Gasteiger partial charge on any atom is 0.0410 e. The first-order valence-electron chi connectivity index (χ1n) is 4.97. The third-order valence-corrected chi connectivity index (χ3v) is 3.59. The number of rotatable bonds is 2. The Morgan fingerprint density at radius 1 is 1.43 bits per heavy atom. The van der Waals surface area contributed by atoms with Gasteiger partial charge in [0, 0.05) is 22.2 Å². The van der Waals surface area contributed by atoms with Gasteiger partial charge in [0.2, 0.25) is 0 Å². The molecule has 2 rings (SSSR count). The van der Waals surface area contributed by atoms with Crippen molar-refractivity contribution in [2.24, 2.45) is 5.92 Å². The molecule has 76 valence electrons. The average Bonchev–Trinajstić information content (AvgIpc) is 2.51. The van der Waals surface area contributed by atoms with E-state index in [1.807, 2.05) is 12.4 Å². The Balaban J connectivity index is 1.97. The fourth-order valence-corrected chi connectivity index (χ4v) is 2.89. The molecule has 14 heavy (non-hydrogen) atoms. The van der Waals surface area contributed by atoms with Gasteiger partial charge < -0.3 is 0 Å². The lowest BCUT2D eigenvalue weighted by Gasteiger charge is -2.08. The number of aromatic nitrogens is 1. The van der Waals surface area contributed by atoms with Gasteiger partial charge in [-0.1, -0.05) is 0 Å². The Kier molecular flexibility index (Phi) is 3.45. The Hall–Kier alpha value is -0.0800. The molecule has 1 heterocycles. The number of pyridine rings is 1. The predicted octanol–water partition coefficient (Wildman–Crippen LogP) is 3.79. The minimum Gasteiger partial charge on any atom is -0.263 e. The molecular formula is C11H13BrClN. The molecule has 2 unspecified atom stereocenters. The highest BCUT2D eigenvalue weighted by molar-refractivity contribution is 9.10. The zero-order valence-corrected chi connectivity index (χ0v) is 10.3. The first-order chi connectivity index (χ1) is 6.74. The van der Waals surface area contributed by atoms with E-state index in [-0.39, 0.29) is 0 Å². The fourth-order valence-electron chi connectivity index (χ4n) is 2.10. The molecule has 1 aromatic rings. The lowest BCUT2D eigenvalue weighted by Crippen LogP contribution is -2.00. The summed E-state index contributed by atoms with van der Waals surface area (Å²) < 4.78 is 1.07. The van der Waals surface area contributed by atoms with Crippen molar-refractivity contribution in [1.82, 2.24) is 4.98 Å². The smallest absolute Gasteiger partial charge is 0.0410 e. The molecule has 1 saturated carbocycles. The maximum atomic E-state index is 6.08. The molecule has 0 saturated heterocycles. The van der Waals surface area contributed by atoms with Crippen LogP contribution in [-0.2, 0) is 6.42 Å². The van der Waals surface area contributed by atoms with Crippen LogP contribution in [0.2, 0.25) is 0 Å². The van der Waals surface area contributed by atoms with Crippen molar-refractivity contribution in [1.29, 1.82) is 0 Å². The highest BCUT2D eigenvalue weighted by Gasteiger charge is 2.22. The summed E-state index contributed by atoms with van der Waals surface area (Å²) in [6.07, 6.45) is 8.49. The van der Waals surface area contributed by atoms with Crippen LogP contribution in [0.5, 0.6) is 0 Å². The van der Waals surface area contributed by atoms with Gasteiger partial charge >= 0.3 is 0 Å². The van der Waals surface area contributed by atoms with Gasteiger partial charge in [-0.05, 0) is 59.2 Å². The number of halogens is 2. The van der Waals surface area contributed by atoms with Crippen molar-refractivity contribution in [3.8, 4) is 0 Å². The van der Waals surface area contributed by atoms with Gasteiger partial charge in [-0.25, -0.2) is 0 Å². The molecule has 0 aromatic carbocycles. The van der Waals surface area contributed by atoms with E-state index < -0.39 is 0 Å². The van der Waals surface area contributed by atoms with E-state index in [9.17, 15) is 0 Å². The van der Waals surface area contributed by atoms with Crippen molar-refractivity contribution in [3.05, 3.63) is 28.5 Å². The van der Waals surface area contributed by atoms with Crippen molar-refractivity contribution < 1.29 is 0 Å². The summed E-state index contributed by atoms with van der Waals surface area (Å²) in [7, 11) is 0. The molecule has 0 bridgehead atoms. The number of nitrogens with zero attached hydrogens (tertiary/aromatic N) is 1. The fraction of sp³-hybridized carbons (Fsp3) is 0.545. The van der Waals surface area contributed by atoms with Crippen molar-refractivity contribution in [2.45, 2.75) is 31.1 Å². The normalized spacial score (nSPS) is 26.7. The van der Waals surface area contributed by atoms with Gasteiger partial charge in [0.1, 0.15) is 0 Å². The van der Waals surface area contributed by atoms with Gasteiger partial charge in [-0.15, -0.1) is 11.6 Å². The molecule has 0 aliphatic heterocycles. The second-order valence-electron chi connectivity index (χ2n) is 3.99. The van der Waals surface area contributed by atoms with E-state index in [1.54, 1.807) is 0 Å². The van der Waals surface area contributed by atoms with Gasteiger partial charge in [-0.2, -0.15) is 0 Å². The molecule has 3 heteroatoms. The first-order valence-corrected chi connectivity index (χ1v) is 6.20. The number of hydrogen-bond donors (Lipinski definition) is 0. The third-order valence-electron chi connectivity index (χ3n) is 2.76. The number of alkyl halides is 1. The monoisotopic (exact) mass is 273 g/mol. The molecule has 0 amide bonds. The zero-order valence-electron chi connectivity index (χ0n) is 7.92. The largest absolute Gasteiger partial charge is 0.263 e. The molecule has 1 aromatic heterocycles. The predicted molar refractivity (Wildman–Crippen MR) is 62.6 cm³/mol. The summed E-state index contributed by atoms with van der Waals surface area (Å²) in [4.78, 5) is 4.17. The average molecular weight is 275 g/mol. The van der Waals surface area contributed by atoms with E-state index in [4.69, 9.17) is 11.6 Å². The highest BCUT2D eigenvalue weighted by Crippen LogP contribution is 2.31. The van der Waals surface area contributed by atoms with Crippen LogP contribution in [0.1, 0.15) is 24.8 Å². The molecule has 2 atom stereocenters. The van der Waals surface area contributed by atoms with E-state index in [2.05, 4.69) is 27.0 Å². The van der Waals surface area contributed by atoms with Crippen LogP contribution in [0.4, 0.5) is 0 Å². The summed E-state index contributed by atoms with van der Waals surface area (Å²) in [6.45, 7) is 0. The molecule has 1 aliphatic rings. The van der Waals surface area contributed by atoms with Crippen LogP contribution >= 0.6 is 27.5 Å². The standard InChI is InChI=1S/C11H13BrClN/c12-10-4-9(6-14-7-10)3-8-1-2-11(13)5-8/h4,6-8,11H,1-3,5H2. The molecule has 0 radical (unpaired) electrons. The molecule has 0 N–H and O–H groups in total. The quantitative estimate of drug-likeness (QED) is 0.748. The summed E-state index contributed by atoms with van der Waals surface area (Å²) in [5, 5.41) is 0.403. The molecule has 1 aliphatic carbocycles. The summed E-state index contributed by atoms with van der Waals surface area (Å²) >= 11 is 9.51. The van der Waals surface area contributed by atoms with Crippen LogP contribution in [0.25, 0.3) is 0 Å². The van der Waals surface area contributed by atoms with Crippen LogP contribution in [0.3, 0.4) is 0 Å². The molecule has 0 spiro atoms. The minimum absolute atomic E-state index is 0.403. The third kappa shape index (κ3) is 2.71. The van der Waals surface area contributed by atoms with Crippen LogP contribution in [0.15, 0.2) is 22.9 Å². The van der Waals surface area contributed by atoms with Gasteiger partial charge in [-0.3, -0.25) is 4.98 Å². The Labute approximate surface area is 98.0 Å². The van der Waals surface area contributed by atoms with Gasteiger partial charge in [0.15, 0.2) is 0 Å². The van der Waals surface area contributed by atoms with Gasteiger partial charge in [0.05, 0.1) is 0 Å². The minimum atomic E-state index is 0.403. The topological polar surface area (TPSA) is 12.9 Å². The van der Waals surface area contributed by atoms with Crippen molar-refractivity contribution >= 4 is 27.5 Å². The number of hydrogen-bond acceptors (Lipinski definition) is 1. The zero-order chi connectivity index (χ0) is 9.97. The molecule has 1 nitrogen and oxygen atoms in total. The summed E-state index contributed by atoms with van der Waals surface area (Å²) in [6, 6.07) is 2.15. The Morgan fingerprint density at radius 2 is 2.29 bits per heavy atom. The van der Waals surface area contributed by atoms with Crippen LogP contribution in [0, 0.1) is 5.92 Å². The van der Waals surface area contributed by atoms with E-state index in [1.165, 1.54) is 18.4 Å². The summed E-state index contributed by atoms with van der Waals surface area (Å²) in [5.74, 6) is 0.758. The van der Waals surface area contributed by atoms with E-state index in [0.717, 1.165) is 23.2 Å². The van der Waals surface area contributed by atoms with Crippen molar-refractivity contribution in [2.75, 3.05) is 0 Å². The van der Waals surface area contributed by atoms with E-state index in [0.29, 0.717) is 5.38 Å². The lowest BCUT2D eigenvalue weighted by molar-refractivity contribution is 0.546. The Morgan fingerprint density at radius 3 is 2.93 bits per heavy atom. The summed E-state index contributed by atoms with van der Waals surface area (Å²) in [5.41, 5.74) is 1.31. The SMILES string of the molecule is ClC1CCC(Cc2cncc(Br)c2)C1. The maximum absolute atomic E-state index is 6.08. The van der Waals surface area contributed by atoms with Crippen LogP contribution < -0.4 is 0 Å². The highest BCUT2D eigenvalue weighted by atomic mass is 79.9. The van der Waals surface area contributed by atoms with Crippen molar-refractivity contribution in [3.63, 3.8) is 0 Å².